The molecule has 0 bridgehead atoms. The molecule has 0 aliphatic heterocycles. The first-order chi connectivity index (χ1) is 22.7. The Morgan fingerprint density at radius 2 is 0.978 bits per heavy atom. The molecule has 0 spiro atoms. The summed E-state index contributed by atoms with van der Waals surface area (Å²) in [5, 5.41) is 7.33. The van der Waals surface area contributed by atoms with Gasteiger partial charge in [0.25, 0.3) is 0 Å². The van der Waals surface area contributed by atoms with Crippen molar-refractivity contribution in [1.82, 2.24) is 15.0 Å². The van der Waals surface area contributed by atoms with Gasteiger partial charge in [-0.2, -0.15) is 9.97 Å². The van der Waals surface area contributed by atoms with Crippen molar-refractivity contribution < 1.29 is 0 Å². The number of thiophene rings is 1. The first kappa shape index (κ1) is 26.9. The number of benzene rings is 7. The van der Waals surface area contributed by atoms with Crippen LogP contribution < -0.4 is 0 Å². The Bertz CT molecular complexity index is 2600. The lowest BCUT2D eigenvalue weighted by Gasteiger charge is -2.10. The van der Waals surface area contributed by atoms with Gasteiger partial charge in [0.2, 0.25) is 5.28 Å². The lowest BCUT2D eigenvalue weighted by Crippen LogP contribution is -1.97. The van der Waals surface area contributed by atoms with E-state index in [0.717, 1.165) is 26.6 Å². The molecule has 0 amide bonds. The van der Waals surface area contributed by atoms with Gasteiger partial charge >= 0.3 is 0 Å². The van der Waals surface area contributed by atoms with Crippen LogP contribution in [0.15, 0.2) is 146 Å². The summed E-state index contributed by atoms with van der Waals surface area (Å²) in [6.07, 6.45) is 0. The van der Waals surface area contributed by atoms with Crippen LogP contribution in [-0.2, 0) is 0 Å². The Balaban J connectivity index is 1.14. The minimum absolute atomic E-state index is 0.175. The highest BCUT2D eigenvalue weighted by molar-refractivity contribution is 7.26. The van der Waals surface area contributed by atoms with Crippen molar-refractivity contribution in [2.45, 2.75) is 0 Å². The minimum Gasteiger partial charge on any atom is -0.208 e. The number of hydrogen-bond donors (Lipinski definition) is 0. The third kappa shape index (κ3) is 4.54. The van der Waals surface area contributed by atoms with Crippen LogP contribution in [0.5, 0.6) is 0 Å². The summed E-state index contributed by atoms with van der Waals surface area (Å²) in [7, 11) is 0. The van der Waals surface area contributed by atoms with E-state index >= 15 is 0 Å². The average molecular weight is 626 g/mol. The van der Waals surface area contributed by atoms with Crippen LogP contribution in [-0.4, -0.2) is 15.0 Å². The monoisotopic (exact) mass is 625 g/mol. The molecule has 0 atom stereocenters. The predicted molar refractivity (Wildman–Crippen MR) is 194 cm³/mol. The second kappa shape index (κ2) is 10.9. The van der Waals surface area contributed by atoms with E-state index in [2.05, 4.69) is 149 Å². The van der Waals surface area contributed by atoms with E-state index in [0.29, 0.717) is 11.6 Å². The maximum Gasteiger partial charge on any atom is 0.226 e. The fraction of sp³-hybridized carbons (Fsp3) is 0. The number of nitrogens with zero attached hydrogens (tertiary/aromatic N) is 3. The van der Waals surface area contributed by atoms with E-state index in [1.54, 1.807) is 11.3 Å². The molecule has 0 aliphatic rings. The third-order valence-electron chi connectivity index (χ3n) is 8.66. The Kier molecular flexibility index (Phi) is 6.37. The molecule has 9 aromatic rings. The van der Waals surface area contributed by atoms with Gasteiger partial charge in [-0.25, -0.2) is 4.98 Å². The Hall–Kier alpha value is -5.42. The van der Waals surface area contributed by atoms with Gasteiger partial charge in [0.05, 0.1) is 0 Å². The summed E-state index contributed by atoms with van der Waals surface area (Å²) in [5.74, 6) is 1.12. The second-order valence-electron chi connectivity index (χ2n) is 11.4. The van der Waals surface area contributed by atoms with Crippen LogP contribution in [0, 0.1) is 0 Å². The number of aromatic nitrogens is 3. The largest absolute Gasteiger partial charge is 0.226 e. The van der Waals surface area contributed by atoms with Gasteiger partial charge in [0.15, 0.2) is 11.6 Å². The van der Waals surface area contributed by atoms with Gasteiger partial charge in [0.1, 0.15) is 0 Å². The van der Waals surface area contributed by atoms with Crippen molar-refractivity contribution in [2.24, 2.45) is 0 Å². The fourth-order valence-electron chi connectivity index (χ4n) is 6.47. The normalized spacial score (nSPS) is 11.6. The molecule has 0 saturated heterocycles. The van der Waals surface area contributed by atoms with E-state index in [4.69, 9.17) is 16.6 Å². The maximum atomic E-state index is 6.58. The Labute approximate surface area is 274 Å². The maximum absolute atomic E-state index is 6.58. The molecule has 9 rings (SSSR count). The van der Waals surface area contributed by atoms with Crippen LogP contribution in [0.4, 0.5) is 0 Å². The van der Waals surface area contributed by atoms with Gasteiger partial charge in [0, 0.05) is 31.3 Å². The molecule has 0 radical (unpaired) electrons. The highest BCUT2D eigenvalue weighted by Crippen LogP contribution is 2.43. The molecule has 0 N–H and O–H groups in total. The zero-order valence-electron chi connectivity index (χ0n) is 24.5. The van der Waals surface area contributed by atoms with Crippen molar-refractivity contribution in [2.75, 3.05) is 0 Å². The van der Waals surface area contributed by atoms with E-state index in [1.807, 2.05) is 6.07 Å². The van der Waals surface area contributed by atoms with Gasteiger partial charge in [-0.05, 0) is 73.6 Å². The number of fused-ring (bicyclic) bond motifs is 5. The standard InChI is InChI=1S/C41H24ClN3S/c42-41-44-39(30-22-20-27-23-29(21-19-28(27)24-30)32-14-6-12-25-11-4-5-13-31(25)32)43-40(45-41)36-18-8-17-35-34-16-7-15-33(37(34)46-38(35)36)26-9-2-1-3-10-26/h1-24H. The highest BCUT2D eigenvalue weighted by atomic mass is 35.5. The summed E-state index contributed by atoms with van der Waals surface area (Å²) in [4.78, 5) is 14.2. The molecule has 3 nitrogen and oxygen atoms in total. The molecule has 0 aliphatic carbocycles. The van der Waals surface area contributed by atoms with Crippen molar-refractivity contribution >= 4 is 64.7 Å². The molecular formula is C41H24ClN3S. The minimum atomic E-state index is 0.175. The zero-order chi connectivity index (χ0) is 30.6. The highest BCUT2D eigenvalue weighted by Gasteiger charge is 2.17. The summed E-state index contributed by atoms with van der Waals surface area (Å²) in [6.45, 7) is 0. The number of halogens is 1. The quantitative estimate of drug-likeness (QED) is 0.195. The SMILES string of the molecule is Clc1nc(-c2ccc3cc(-c4cccc5ccccc45)ccc3c2)nc(-c2cccc3c2sc2c(-c4ccccc4)cccc23)n1. The van der Waals surface area contributed by atoms with Gasteiger partial charge in [-0.3, -0.25) is 0 Å². The lowest BCUT2D eigenvalue weighted by molar-refractivity contribution is 1.07. The van der Waals surface area contributed by atoms with E-state index < -0.39 is 0 Å². The van der Waals surface area contributed by atoms with E-state index in [9.17, 15) is 0 Å². The van der Waals surface area contributed by atoms with E-state index in [-0.39, 0.29) is 5.28 Å². The van der Waals surface area contributed by atoms with Gasteiger partial charge in [-0.15, -0.1) is 11.3 Å². The molecule has 5 heteroatoms. The van der Waals surface area contributed by atoms with E-state index in [1.165, 1.54) is 48.5 Å². The van der Waals surface area contributed by atoms with Crippen LogP contribution in [0.2, 0.25) is 5.28 Å². The van der Waals surface area contributed by atoms with Crippen LogP contribution in [0.1, 0.15) is 0 Å². The van der Waals surface area contributed by atoms with Gasteiger partial charge < -0.3 is 0 Å². The van der Waals surface area contributed by atoms with Crippen LogP contribution in [0.3, 0.4) is 0 Å². The Morgan fingerprint density at radius 1 is 0.391 bits per heavy atom. The first-order valence-electron chi connectivity index (χ1n) is 15.1. The number of rotatable bonds is 4. The van der Waals surface area contributed by atoms with Crippen LogP contribution in [0.25, 0.3) is 86.7 Å². The van der Waals surface area contributed by atoms with Gasteiger partial charge in [-0.1, -0.05) is 127 Å². The molecule has 0 fully saturated rings. The lowest BCUT2D eigenvalue weighted by atomic mass is 9.96. The molecule has 46 heavy (non-hydrogen) atoms. The van der Waals surface area contributed by atoms with Crippen LogP contribution >= 0.6 is 22.9 Å². The zero-order valence-corrected chi connectivity index (χ0v) is 26.1. The van der Waals surface area contributed by atoms with Crippen molar-refractivity contribution in [3.8, 4) is 45.0 Å². The molecule has 0 unspecified atom stereocenters. The fourth-order valence-corrected chi connectivity index (χ4v) is 7.98. The molecule has 216 valence electrons. The van der Waals surface area contributed by atoms with Crippen molar-refractivity contribution in [3.05, 3.63) is 151 Å². The topological polar surface area (TPSA) is 38.7 Å². The molecule has 2 aromatic heterocycles. The smallest absolute Gasteiger partial charge is 0.208 e. The first-order valence-corrected chi connectivity index (χ1v) is 16.3. The molecule has 7 aromatic carbocycles. The third-order valence-corrected chi connectivity index (χ3v) is 10.1. The molecule has 2 heterocycles. The Morgan fingerprint density at radius 3 is 1.80 bits per heavy atom. The van der Waals surface area contributed by atoms with Crippen molar-refractivity contribution in [3.63, 3.8) is 0 Å². The average Bonchev–Trinajstić information content (AvgIpc) is 3.50. The molecule has 0 saturated carbocycles. The summed E-state index contributed by atoms with van der Waals surface area (Å²) < 4.78 is 2.38. The van der Waals surface area contributed by atoms with Crippen molar-refractivity contribution in [1.29, 1.82) is 0 Å². The summed E-state index contributed by atoms with van der Waals surface area (Å²) in [6, 6.07) is 51.3. The predicted octanol–water partition coefficient (Wildman–Crippen LogP) is 11.9. The number of hydrogen-bond acceptors (Lipinski definition) is 4. The summed E-state index contributed by atoms with van der Waals surface area (Å²) >= 11 is 8.35. The molecular weight excluding hydrogens is 602 g/mol. The summed E-state index contributed by atoms with van der Waals surface area (Å²) in [5.41, 5.74) is 6.68. The second-order valence-corrected chi connectivity index (χ2v) is 12.7.